The second-order valence-corrected chi connectivity index (χ2v) is 9.42. The van der Waals surface area contributed by atoms with Crippen molar-refractivity contribution in [3.63, 3.8) is 0 Å². The largest absolute Gasteiger partial charge is 0.390 e. The van der Waals surface area contributed by atoms with Crippen LogP contribution in [-0.2, 0) is 21.4 Å². The van der Waals surface area contributed by atoms with Crippen LogP contribution in [0.1, 0.15) is 18.5 Å². The Morgan fingerprint density at radius 1 is 1.30 bits per heavy atom. The number of carbonyl (C=O) groups is 1. The van der Waals surface area contributed by atoms with Crippen molar-refractivity contribution in [2.45, 2.75) is 31.2 Å². The van der Waals surface area contributed by atoms with Crippen LogP contribution in [0.5, 0.6) is 0 Å². The molecule has 1 aromatic carbocycles. The lowest BCUT2D eigenvalue weighted by atomic mass is 9.97. The van der Waals surface area contributed by atoms with Gasteiger partial charge in [0.05, 0.1) is 28.3 Å². The number of piperidine rings is 1. The van der Waals surface area contributed by atoms with Crippen LogP contribution in [-0.4, -0.2) is 53.0 Å². The van der Waals surface area contributed by atoms with E-state index in [1.54, 1.807) is 6.92 Å². The number of halogens is 1. The number of rotatable bonds is 7. The summed E-state index contributed by atoms with van der Waals surface area (Å²) >= 11 is 5.82. The standard InChI is InChI=1S/C18H22ClN5O5S/c1-13-12-17(24(26)27)21-23(13)11-8-20-18(25)14-6-9-22(10-7-14)30(28,29)16-4-2-15(19)3-5-16/h2-5,12,14H,6-11H2,1H3,(H,20,25). The average Bonchev–Trinajstić information content (AvgIpc) is 3.09. The van der Waals surface area contributed by atoms with Crippen molar-refractivity contribution in [2.24, 2.45) is 5.92 Å². The zero-order valence-electron chi connectivity index (χ0n) is 16.3. The summed E-state index contributed by atoms with van der Waals surface area (Å²) in [5.74, 6) is -0.666. The first-order valence-corrected chi connectivity index (χ1v) is 11.2. The minimum atomic E-state index is -3.61. The highest BCUT2D eigenvalue weighted by Gasteiger charge is 2.32. The van der Waals surface area contributed by atoms with Gasteiger partial charge < -0.3 is 15.4 Å². The quantitative estimate of drug-likeness (QED) is 0.502. The average molecular weight is 456 g/mol. The van der Waals surface area contributed by atoms with E-state index in [1.165, 1.54) is 39.3 Å². The van der Waals surface area contributed by atoms with Gasteiger partial charge in [-0.3, -0.25) is 4.79 Å². The molecule has 0 atom stereocenters. The molecular formula is C18H22ClN5O5S. The minimum absolute atomic E-state index is 0.155. The van der Waals surface area contributed by atoms with Gasteiger partial charge >= 0.3 is 5.82 Å². The van der Waals surface area contributed by atoms with Crippen molar-refractivity contribution in [3.8, 4) is 0 Å². The summed E-state index contributed by atoms with van der Waals surface area (Å²) in [5.41, 5.74) is 0.636. The molecule has 1 amide bonds. The maximum absolute atomic E-state index is 12.7. The molecule has 1 N–H and O–H groups in total. The molecule has 0 saturated carbocycles. The Labute approximate surface area is 179 Å². The molecule has 0 unspecified atom stereocenters. The zero-order valence-corrected chi connectivity index (χ0v) is 17.9. The van der Waals surface area contributed by atoms with Gasteiger partial charge in [-0.1, -0.05) is 11.6 Å². The van der Waals surface area contributed by atoms with Gasteiger partial charge in [0.1, 0.15) is 0 Å². The molecule has 162 valence electrons. The summed E-state index contributed by atoms with van der Waals surface area (Å²) in [7, 11) is -3.61. The lowest BCUT2D eigenvalue weighted by molar-refractivity contribution is -0.389. The van der Waals surface area contributed by atoms with Gasteiger partial charge in [-0.15, -0.1) is 0 Å². The molecule has 1 aromatic heterocycles. The van der Waals surface area contributed by atoms with Gasteiger partial charge in [0.25, 0.3) is 0 Å². The molecule has 30 heavy (non-hydrogen) atoms. The summed E-state index contributed by atoms with van der Waals surface area (Å²) < 4.78 is 28.3. The smallest absolute Gasteiger partial charge is 0.358 e. The summed E-state index contributed by atoms with van der Waals surface area (Å²) in [6.45, 7) is 2.82. The first-order valence-electron chi connectivity index (χ1n) is 9.41. The van der Waals surface area contributed by atoms with Crippen molar-refractivity contribution in [3.05, 3.63) is 51.2 Å². The maximum atomic E-state index is 12.7. The molecular weight excluding hydrogens is 434 g/mol. The summed E-state index contributed by atoms with van der Waals surface area (Å²) in [5, 5.41) is 17.9. The molecule has 0 aliphatic carbocycles. The van der Waals surface area contributed by atoms with E-state index in [-0.39, 0.29) is 42.2 Å². The molecule has 1 fully saturated rings. The van der Waals surface area contributed by atoms with E-state index in [0.29, 0.717) is 30.1 Å². The second kappa shape index (κ2) is 9.11. The number of nitrogens with one attached hydrogen (secondary N) is 1. The zero-order chi connectivity index (χ0) is 21.9. The van der Waals surface area contributed by atoms with Crippen molar-refractivity contribution >= 4 is 33.3 Å². The maximum Gasteiger partial charge on any atom is 0.390 e. The summed E-state index contributed by atoms with van der Waals surface area (Å²) in [6, 6.07) is 7.38. The molecule has 0 spiro atoms. The fraction of sp³-hybridized carbons (Fsp3) is 0.444. The van der Waals surface area contributed by atoms with Gasteiger partial charge in [0.15, 0.2) is 0 Å². The molecule has 1 aliphatic heterocycles. The molecule has 12 heteroatoms. The van der Waals surface area contributed by atoms with E-state index in [2.05, 4.69) is 10.4 Å². The lowest BCUT2D eigenvalue weighted by Gasteiger charge is -2.30. The predicted molar refractivity (Wildman–Crippen MR) is 110 cm³/mol. The number of aromatic nitrogens is 2. The molecule has 10 nitrogen and oxygen atoms in total. The highest BCUT2D eigenvalue weighted by Crippen LogP contribution is 2.24. The highest BCUT2D eigenvalue weighted by atomic mass is 35.5. The first-order chi connectivity index (χ1) is 14.2. The van der Waals surface area contributed by atoms with E-state index >= 15 is 0 Å². The normalized spacial score (nSPS) is 15.8. The van der Waals surface area contributed by atoms with E-state index in [4.69, 9.17) is 11.6 Å². The van der Waals surface area contributed by atoms with Gasteiger partial charge in [0.2, 0.25) is 15.9 Å². The third-order valence-corrected chi connectivity index (χ3v) is 7.22. The van der Waals surface area contributed by atoms with Crippen molar-refractivity contribution in [1.29, 1.82) is 0 Å². The Hall–Kier alpha value is -2.50. The Morgan fingerprint density at radius 3 is 2.50 bits per heavy atom. The monoisotopic (exact) mass is 455 g/mol. The summed E-state index contributed by atoms with van der Waals surface area (Å²) in [6.07, 6.45) is 0.843. The van der Waals surface area contributed by atoms with E-state index in [1.807, 2.05) is 0 Å². The topological polar surface area (TPSA) is 127 Å². The molecule has 0 bridgehead atoms. The highest BCUT2D eigenvalue weighted by molar-refractivity contribution is 7.89. The molecule has 2 heterocycles. The number of hydrogen-bond donors (Lipinski definition) is 1. The number of aryl methyl sites for hydroxylation is 1. The molecule has 0 radical (unpaired) electrons. The summed E-state index contributed by atoms with van der Waals surface area (Å²) in [4.78, 5) is 22.8. The number of nitrogens with zero attached hydrogens (tertiary/aromatic N) is 4. The lowest BCUT2D eigenvalue weighted by Crippen LogP contribution is -2.43. The van der Waals surface area contributed by atoms with Gasteiger partial charge in [-0.25, -0.2) is 8.42 Å². The number of nitro groups is 1. The van der Waals surface area contributed by atoms with Crippen LogP contribution < -0.4 is 5.32 Å². The first kappa shape index (κ1) is 22.2. The van der Waals surface area contributed by atoms with Crippen LogP contribution in [0.25, 0.3) is 0 Å². The van der Waals surface area contributed by atoms with Crippen LogP contribution in [0, 0.1) is 23.0 Å². The van der Waals surface area contributed by atoms with Crippen LogP contribution in [0.4, 0.5) is 5.82 Å². The van der Waals surface area contributed by atoms with Gasteiger partial charge in [-0.05, 0) is 49.0 Å². The van der Waals surface area contributed by atoms with Crippen LogP contribution in [0.2, 0.25) is 5.02 Å². The number of carbonyl (C=O) groups excluding carboxylic acids is 1. The third-order valence-electron chi connectivity index (χ3n) is 5.05. The van der Waals surface area contributed by atoms with E-state index in [0.717, 1.165) is 0 Å². The van der Waals surface area contributed by atoms with Crippen molar-refractivity contribution in [2.75, 3.05) is 19.6 Å². The van der Waals surface area contributed by atoms with Gasteiger partial charge in [0, 0.05) is 30.6 Å². The number of sulfonamides is 1. The fourth-order valence-electron chi connectivity index (χ4n) is 3.35. The Kier molecular flexibility index (Phi) is 6.74. The minimum Gasteiger partial charge on any atom is -0.358 e. The third kappa shape index (κ3) is 4.97. The SMILES string of the molecule is Cc1cc([N+](=O)[O-])nn1CCNC(=O)C1CCN(S(=O)(=O)c2ccc(Cl)cc2)CC1. The van der Waals surface area contributed by atoms with E-state index < -0.39 is 14.9 Å². The van der Waals surface area contributed by atoms with Crippen molar-refractivity contribution in [1.82, 2.24) is 19.4 Å². The predicted octanol–water partition coefficient (Wildman–Crippen LogP) is 1.97. The second-order valence-electron chi connectivity index (χ2n) is 7.05. The Balaban J connectivity index is 1.49. The fourth-order valence-corrected chi connectivity index (χ4v) is 4.95. The van der Waals surface area contributed by atoms with Crippen LogP contribution >= 0.6 is 11.6 Å². The van der Waals surface area contributed by atoms with Crippen molar-refractivity contribution < 1.29 is 18.1 Å². The number of hydrogen-bond acceptors (Lipinski definition) is 6. The van der Waals surface area contributed by atoms with Crippen LogP contribution in [0.3, 0.4) is 0 Å². The number of amides is 1. The molecule has 3 rings (SSSR count). The number of benzene rings is 1. The van der Waals surface area contributed by atoms with Gasteiger partial charge in [-0.2, -0.15) is 8.99 Å². The molecule has 1 aliphatic rings. The molecule has 1 saturated heterocycles. The molecule has 2 aromatic rings. The Morgan fingerprint density at radius 2 is 1.93 bits per heavy atom. The Bertz CT molecular complexity index is 1030. The van der Waals surface area contributed by atoms with Crippen LogP contribution in [0.15, 0.2) is 35.2 Å². The van der Waals surface area contributed by atoms with E-state index in [9.17, 15) is 23.3 Å².